The Morgan fingerprint density at radius 3 is 3.07 bits per heavy atom. The van der Waals surface area contributed by atoms with Gasteiger partial charge in [-0.2, -0.15) is 5.10 Å². The molecule has 1 aliphatic rings. The molecule has 0 saturated carbocycles. The summed E-state index contributed by atoms with van der Waals surface area (Å²) in [5.41, 5.74) is 1.29. The third-order valence-corrected chi connectivity index (χ3v) is 3.97. The number of nitrogens with one attached hydrogen (secondary N) is 1. The van der Waals surface area contributed by atoms with Gasteiger partial charge in [-0.3, -0.25) is 4.68 Å². The van der Waals surface area contributed by atoms with E-state index in [4.69, 9.17) is 0 Å². The highest BCUT2D eigenvalue weighted by molar-refractivity contribution is 9.10. The second-order valence-electron chi connectivity index (χ2n) is 4.31. The molecular weight excluding hydrogens is 254 g/mol. The Hall–Kier alpha value is -0.350. The summed E-state index contributed by atoms with van der Waals surface area (Å²) < 4.78 is 3.10. The summed E-state index contributed by atoms with van der Waals surface area (Å²) >= 11 is 3.57. The van der Waals surface area contributed by atoms with Crippen molar-refractivity contribution in [1.82, 2.24) is 15.1 Å². The number of piperidine rings is 1. The van der Waals surface area contributed by atoms with Crippen LogP contribution in [0.3, 0.4) is 0 Å². The molecule has 15 heavy (non-hydrogen) atoms. The van der Waals surface area contributed by atoms with E-state index < -0.39 is 0 Å². The summed E-state index contributed by atoms with van der Waals surface area (Å²) in [4.78, 5) is 0. The van der Waals surface area contributed by atoms with Crippen LogP contribution < -0.4 is 5.32 Å². The molecule has 1 aromatic heterocycles. The fourth-order valence-electron chi connectivity index (χ4n) is 2.39. The zero-order valence-electron chi connectivity index (χ0n) is 9.33. The predicted molar refractivity (Wildman–Crippen MR) is 64.7 cm³/mol. The molecule has 1 fully saturated rings. The molecule has 1 aromatic rings. The molecule has 1 saturated heterocycles. The van der Waals surface area contributed by atoms with E-state index >= 15 is 0 Å². The molecule has 3 nitrogen and oxygen atoms in total. The lowest BCUT2D eigenvalue weighted by Crippen LogP contribution is -2.33. The monoisotopic (exact) mass is 271 g/mol. The molecule has 0 amide bonds. The molecule has 0 aromatic carbocycles. The highest BCUT2D eigenvalue weighted by atomic mass is 79.9. The SMILES string of the molecule is CCC1CCNC(c2c(Br)cnn2C)C1. The predicted octanol–water partition coefficient (Wildman–Crippen LogP) is 2.63. The first kappa shape index (κ1) is 11.1. The lowest BCUT2D eigenvalue weighted by molar-refractivity contribution is 0.290. The number of hydrogen-bond donors (Lipinski definition) is 1. The van der Waals surface area contributed by atoms with E-state index in [9.17, 15) is 0 Å². The van der Waals surface area contributed by atoms with Crippen molar-refractivity contribution in [1.29, 1.82) is 0 Å². The van der Waals surface area contributed by atoms with Gasteiger partial charge >= 0.3 is 0 Å². The highest BCUT2D eigenvalue weighted by Gasteiger charge is 2.25. The molecule has 4 heteroatoms. The molecule has 0 aliphatic carbocycles. The number of halogens is 1. The standard InChI is InChI=1S/C11H18BrN3/c1-3-8-4-5-13-10(6-8)11-9(12)7-14-15(11)2/h7-8,10,13H,3-6H2,1-2H3. The van der Waals surface area contributed by atoms with Gasteiger partial charge < -0.3 is 5.32 Å². The van der Waals surface area contributed by atoms with Gasteiger partial charge in [-0.25, -0.2) is 0 Å². The van der Waals surface area contributed by atoms with E-state index in [0.29, 0.717) is 6.04 Å². The van der Waals surface area contributed by atoms with Crippen molar-refractivity contribution >= 4 is 15.9 Å². The molecule has 0 spiro atoms. The van der Waals surface area contributed by atoms with Crippen molar-refractivity contribution in [3.8, 4) is 0 Å². The van der Waals surface area contributed by atoms with E-state index in [-0.39, 0.29) is 0 Å². The third-order valence-electron chi connectivity index (χ3n) is 3.36. The molecule has 2 heterocycles. The Kier molecular flexibility index (Phi) is 3.46. The molecule has 0 radical (unpaired) electrons. The van der Waals surface area contributed by atoms with Crippen molar-refractivity contribution in [3.63, 3.8) is 0 Å². The van der Waals surface area contributed by atoms with E-state index in [1.54, 1.807) is 0 Å². The van der Waals surface area contributed by atoms with Crippen LogP contribution in [0.15, 0.2) is 10.7 Å². The highest BCUT2D eigenvalue weighted by Crippen LogP contribution is 2.32. The van der Waals surface area contributed by atoms with Crippen molar-refractivity contribution < 1.29 is 0 Å². The molecular formula is C11H18BrN3. The van der Waals surface area contributed by atoms with Crippen LogP contribution in [-0.4, -0.2) is 16.3 Å². The topological polar surface area (TPSA) is 29.9 Å². The first-order chi connectivity index (χ1) is 7.22. The van der Waals surface area contributed by atoms with Crippen LogP contribution in [0, 0.1) is 5.92 Å². The number of nitrogens with zero attached hydrogens (tertiary/aromatic N) is 2. The Morgan fingerprint density at radius 1 is 1.67 bits per heavy atom. The number of aromatic nitrogens is 2. The minimum absolute atomic E-state index is 0.463. The van der Waals surface area contributed by atoms with Crippen LogP contribution in [0.5, 0.6) is 0 Å². The Labute approximate surface area is 99.4 Å². The summed E-state index contributed by atoms with van der Waals surface area (Å²) in [5.74, 6) is 0.859. The van der Waals surface area contributed by atoms with Gasteiger partial charge in [0, 0.05) is 7.05 Å². The zero-order valence-corrected chi connectivity index (χ0v) is 10.9. The zero-order chi connectivity index (χ0) is 10.8. The van der Waals surface area contributed by atoms with Crippen LogP contribution in [-0.2, 0) is 7.05 Å². The lowest BCUT2D eigenvalue weighted by atomic mass is 9.89. The molecule has 1 N–H and O–H groups in total. The van der Waals surface area contributed by atoms with Gasteiger partial charge in [0.15, 0.2) is 0 Å². The molecule has 2 atom stereocenters. The number of rotatable bonds is 2. The summed E-state index contributed by atoms with van der Waals surface area (Å²) in [5, 5.41) is 7.85. The second-order valence-corrected chi connectivity index (χ2v) is 5.16. The van der Waals surface area contributed by atoms with Gasteiger partial charge in [0.05, 0.1) is 22.4 Å². The summed E-state index contributed by atoms with van der Waals surface area (Å²) in [7, 11) is 2.01. The largest absolute Gasteiger partial charge is 0.309 e. The molecule has 0 bridgehead atoms. The van der Waals surface area contributed by atoms with Crippen LogP contribution in [0.1, 0.15) is 37.9 Å². The smallest absolute Gasteiger partial charge is 0.0692 e. The van der Waals surface area contributed by atoms with Gasteiger partial charge in [-0.15, -0.1) is 0 Å². The Balaban J connectivity index is 2.16. The van der Waals surface area contributed by atoms with Crippen LogP contribution in [0.25, 0.3) is 0 Å². The van der Waals surface area contributed by atoms with Gasteiger partial charge in [0.1, 0.15) is 0 Å². The van der Waals surface area contributed by atoms with Gasteiger partial charge in [0.2, 0.25) is 0 Å². The maximum absolute atomic E-state index is 4.27. The van der Waals surface area contributed by atoms with Gasteiger partial charge in [-0.1, -0.05) is 13.3 Å². The van der Waals surface area contributed by atoms with E-state index in [1.807, 2.05) is 17.9 Å². The van der Waals surface area contributed by atoms with E-state index in [2.05, 4.69) is 33.3 Å². The lowest BCUT2D eigenvalue weighted by Gasteiger charge is -2.30. The number of hydrogen-bond acceptors (Lipinski definition) is 2. The second kappa shape index (κ2) is 4.66. The normalized spacial score (nSPS) is 26.9. The van der Waals surface area contributed by atoms with Crippen LogP contribution in [0.4, 0.5) is 0 Å². The first-order valence-corrected chi connectivity index (χ1v) is 6.42. The van der Waals surface area contributed by atoms with Crippen LogP contribution in [0.2, 0.25) is 0 Å². The van der Waals surface area contributed by atoms with Crippen LogP contribution >= 0.6 is 15.9 Å². The van der Waals surface area contributed by atoms with Crippen molar-refractivity contribution in [2.24, 2.45) is 13.0 Å². The van der Waals surface area contributed by atoms with Gasteiger partial charge in [0.25, 0.3) is 0 Å². The van der Waals surface area contributed by atoms with Crippen molar-refractivity contribution in [2.45, 2.75) is 32.2 Å². The molecule has 84 valence electrons. The van der Waals surface area contributed by atoms with Gasteiger partial charge in [-0.05, 0) is 41.2 Å². The Morgan fingerprint density at radius 2 is 2.47 bits per heavy atom. The maximum atomic E-state index is 4.27. The summed E-state index contributed by atoms with van der Waals surface area (Å²) in [6.45, 7) is 3.41. The molecule has 1 aliphatic heterocycles. The summed E-state index contributed by atoms with van der Waals surface area (Å²) in [6, 6.07) is 0.463. The first-order valence-electron chi connectivity index (χ1n) is 5.63. The fourth-order valence-corrected chi connectivity index (χ4v) is 3.01. The fraction of sp³-hybridized carbons (Fsp3) is 0.727. The average molecular weight is 272 g/mol. The van der Waals surface area contributed by atoms with E-state index in [0.717, 1.165) is 16.9 Å². The minimum atomic E-state index is 0.463. The minimum Gasteiger partial charge on any atom is -0.309 e. The average Bonchev–Trinajstić information content (AvgIpc) is 2.59. The van der Waals surface area contributed by atoms with E-state index in [1.165, 1.54) is 25.0 Å². The third kappa shape index (κ3) is 2.26. The maximum Gasteiger partial charge on any atom is 0.0692 e. The molecule has 2 rings (SSSR count). The summed E-state index contributed by atoms with van der Waals surface area (Å²) in [6.07, 6.45) is 5.71. The molecule has 2 unspecified atom stereocenters. The Bertz CT molecular complexity index is 315. The van der Waals surface area contributed by atoms with Crippen molar-refractivity contribution in [2.75, 3.05) is 6.54 Å². The van der Waals surface area contributed by atoms with Crippen molar-refractivity contribution in [3.05, 3.63) is 16.4 Å². The number of aryl methyl sites for hydroxylation is 1. The quantitative estimate of drug-likeness (QED) is 0.897.